The molecule has 0 bridgehead atoms. The Balaban J connectivity index is 1.66. The summed E-state index contributed by atoms with van der Waals surface area (Å²) in [6.45, 7) is 8.70. The summed E-state index contributed by atoms with van der Waals surface area (Å²) in [5.74, 6) is 0. The van der Waals surface area contributed by atoms with E-state index in [1.54, 1.807) is 0 Å². The van der Waals surface area contributed by atoms with E-state index >= 15 is 0 Å². The van der Waals surface area contributed by atoms with Crippen LogP contribution in [0.4, 0.5) is 5.69 Å². The molecule has 1 N–H and O–H groups in total. The zero-order valence-corrected chi connectivity index (χ0v) is 13.9. The van der Waals surface area contributed by atoms with E-state index < -0.39 is 0 Å². The summed E-state index contributed by atoms with van der Waals surface area (Å²) in [7, 11) is 4.21. The van der Waals surface area contributed by atoms with Crippen molar-refractivity contribution in [3.8, 4) is 0 Å². The highest BCUT2D eigenvalue weighted by atomic mass is 35.5. The Hall–Kier alpha value is -0.810. The average molecular weight is 311 g/mol. The molecule has 1 aliphatic rings. The number of hydrogen-bond donors (Lipinski definition) is 1. The summed E-state index contributed by atoms with van der Waals surface area (Å²) in [4.78, 5) is 7.11. The molecule has 21 heavy (non-hydrogen) atoms. The molecule has 0 unspecified atom stereocenters. The first-order chi connectivity index (χ1) is 10.2. The first-order valence-corrected chi connectivity index (χ1v) is 8.12. The van der Waals surface area contributed by atoms with Crippen molar-refractivity contribution in [2.24, 2.45) is 0 Å². The van der Waals surface area contributed by atoms with Crippen molar-refractivity contribution >= 4 is 17.3 Å². The molecule has 0 aliphatic carbocycles. The second-order valence-corrected chi connectivity index (χ2v) is 6.24. The lowest BCUT2D eigenvalue weighted by Gasteiger charge is -2.36. The SMILES string of the molecule is CN(C)CCNCCN1CCN(c2ccccc2Cl)CC1. The van der Waals surface area contributed by atoms with Gasteiger partial charge in [0.15, 0.2) is 0 Å². The molecule has 0 amide bonds. The molecule has 1 saturated heterocycles. The summed E-state index contributed by atoms with van der Waals surface area (Å²) in [6, 6.07) is 8.13. The van der Waals surface area contributed by atoms with Gasteiger partial charge in [0.25, 0.3) is 0 Å². The highest BCUT2D eigenvalue weighted by molar-refractivity contribution is 6.33. The van der Waals surface area contributed by atoms with Crippen LogP contribution >= 0.6 is 11.6 Å². The van der Waals surface area contributed by atoms with Crippen LogP contribution in [0.5, 0.6) is 0 Å². The van der Waals surface area contributed by atoms with E-state index in [1.807, 2.05) is 12.1 Å². The lowest BCUT2D eigenvalue weighted by molar-refractivity contribution is 0.256. The van der Waals surface area contributed by atoms with Crippen LogP contribution < -0.4 is 10.2 Å². The van der Waals surface area contributed by atoms with Crippen LogP contribution in [0.2, 0.25) is 5.02 Å². The highest BCUT2D eigenvalue weighted by Gasteiger charge is 2.18. The zero-order chi connectivity index (χ0) is 15.1. The second kappa shape index (κ2) is 8.59. The van der Waals surface area contributed by atoms with Crippen molar-refractivity contribution in [1.82, 2.24) is 15.1 Å². The van der Waals surface area contributed by atoms with Gasteiger partial charge in [0.2, 0.25) is 0 Å². The molecular weight excluding hydrogens is 284 g/mol. The minimum absolute atomic E-state index is 0.858. The van der Waals surface area contributed by atoms with Crippen LogP contribution in [-0.4, -0.2) is 76.3 Å². The van der Waals surface area contributed by atoms with E-state index in [1.165, 1.54) is 5.69 Å². The first kappa shape index (κ1) is 16.6. The molecule has 5 heteroatoms. The summed E-state index contributed by atoms with van der Waals surface area (Å²) >= 11 is 6.27. The van der Waals surface area contributed by atoms with Crippen molar-refractivity contribution in [2.75, 3.05) is 71.4 Å². The van der Waals surface area contributed by atoms with Gasteiger partial charge in [-0.2, -0.15) is 0 Å². The molecule has 0 radical (unpaired) electrons. The van der Waals surface area contributed by atoms with Crippen LogP contribution in [0.15, 0.2) is 24.3 Å². The normalized spacial score (nSPS) is 16.7. The minimum Gasteiger partial charge on any atom is -0.368 e. The molecule has 1 aliphatic heterocycles. The maximum Gasteiger partial charge on any atom is 0.0639 e. The van der Waals surface area contributed by atoms with E-state index in [0.29, 0.717) is 0 Å². The Morgan fingerprint density at radius 1 is 1.10 bits per heavy atom. The van der Waals surface area contributed by atoms with Gasteiger partial charge in [0, 0.05) is 52.4 Å². The third kappa shape index (κ3) is 5.47. The number of likely N-dealkylation sites (N-methyl/N-ethyl adjacent to an activating group) is 1. The Kier molecular flexibility index (Phi) is 6.77. The van der Waals surface area contributed by atoms with Gasteiger partial charge in [-0.05, 0) is 26.2 Å². The Bertz CT molecular complexity index is 416. The summed E-state index contributed by atoms with van der Waals surface area (Å²) in [6.07, 6.45) is 0. The van der Waals surface area contributed by atoms with Gasteiger partial charge < -0.3 is 15.1 Å². The zero-order valence-electron chi connectivity index (χ0n) is 13.2. The third-order valence-corrected chi connectivity index (χ3v) is 4.23. The molecular formula is C16H27ClN4. The molecule has 1 aromatic carbocycles. The molecule has 0 aromatic heterocycles. The number of piperazine rings is 1. The number of benzene rings is 1. The molecule has 1 fully saturated rings. The topological polar surface area (TPSA) is 21.8 Å². The van der Waals surface area contributed by atoms with Crippen LogP contribution in [-0.2, 0) is 0 Å². The van der Waals surface area contributed by atoms with Gasteiger partial charge in [-0.15, -0.1) is 0 Å². The Morgan fingerprint density at radius 2 is 1.81 bits per heavy atom. The summed E-state index contributed by atoms with van der Waals surface area (Å²) < 4.78 is 0. The number of nitrogens with zero attached hydrogens (tertiary/aromatic N) is 3. The van der Waals surface area contributed by atoms with Gasteiger partial charge >= 0.3 is 0 Å². The van der Waals surface area contributed by atoms with Crippen LogP contribution in [0.25, 0.3) is 0 Å². The molecule has 118 valence electrons. The maximum absolute atomic E-state index is 6.27. The lowest BCUT2D eigenvalue weighted by atomic mass is 10.2. The fraction of sp³-hybridized carbons (Fsp3) is 0.625. The van der Waals surface area contributed by atoms with E-state index in [2.05, 4.69) is 46.2 Å². The lowest BCUT2D eigenvalue weighted by Crippen LogP contribution is -2.48. The van der Waals surface area contributed by atoms with Crippen LogP contribution in [0.1, 0.15) is 0 Å². The van der Waals surface area contributed by atoms with Crippen molar-refractivity contribution in [3.63, 3.8) is 0 Å². The molecule has 1 aromatic rings. The molecule has 0 saturated carbocycles. The number of rotatable bonds is 7. The summed E-state index contributed by atoms with van der Waals surface area (Å²) in [5, 5.41) is 4.36. The molecule has 0 spiro atoms. The smallest absolute Gasteiger partial charge is 0.0639 e. The first-order valence-electron chi connectivity index (χ1n) is 7.74. The fourth-order valence-electron chi connectivity index (χ4n) is 2.59. The Morgan fingerprint density at radius 3 is 2.48 bits per heavy atom. The van der Waals surface area contributed by atoms with Crippen molar-refractivity contribution in [2.45, 2.75) is 0 Å². The van der Waals surface area contributed by atoms with Gasteiger partial charge in [-0.3, -0.25) is 4.90 Å². The number of nitrogens with one attached hydrogen (secondary N) is 1. The second-order valence-electron chi connectivity index (χ2n) is 5.83. The maximum atomic E-state index is 6.27. The predicted octanol–water partition coefficient (Wildman–Crippen LogP) is 1.61. The van der Waals surface area contributed by atoms with Gasteiger partial charge in [-0.1, -0.05) is 23.7 Å². The number of para-hydroxylation sites is 1. The van der Waals surface area contributed by atoms with Crippen molar-refractivity contribution in [1.29, 1.82) is 0 Å². The monoisotopic (exact) mass is 310 g/mol. The van der Waals surface area contributed by atoms with E-state index in [-0.39, 0.29) is 0 Å². The standard InChI is InChI=1S/C16H27ClN4/c1-19(2)9-7-18-8-10-20-11-13-21(14-12-20)16-6-4-3-5-15(16)17/h3-6,18H,7-14H2,1-2H3. The van der Waals surface area contributed by atoms with Crippen LogP contribution in [0.3, 0.4) is 0 Å². The number of hydrogen-bond acceptors (Lipinski definition) is 4. The summed E-state index contributed by atoms with van der Waals surface area (Å²) in [5.41, 5.74) is 1.17. The van der Waals surface area contributed by atoms with Gasteiger partial charge in [0.1, 0.15) is 0 Å². The van der Waals surface area contributed by atoms with E-state index in [4.69, 9.17) is 11.6 Å². The quantitative estimate of drug-likeness (QED) is 0.772. The average Bonchev–Trinajstić information content (AvgIpc) is 2.48. The third-order valence-electron chi connectivity index (χ3n) is 3.91. The van der Waals surface area contributed by atoms with Gasteiger partial charge in [-0.25, -0.2) is 0 Å². The largest absolute Gasteiger partial charge is 0.368 e. The number of anilines is 1. The molecule has 2 rings (SSSR count). The highest BCUT2D eigenvalue weighted by Crippen LogP contribution is 2.25. The van der Waals surface area contributed by atoms with Crippen molar-refractivity contribution in [3.05, 3.63) is 29.3 Å². The minimum atomic E-state index is 0.858. The Labute approximate surface area is 133 Å². The van der Waals surface area contributed by atoms with Crippen LogP contribution in [0, 0.1) is 0 Å². The van der Waals surface area contributed by atoms with E-state index in [9.17, 15) is 0 Å². The molecule has 0 atom stereocenters. The molecule has 4 nitrogen and oxygen atoms in total. The molecule has 1 heterocycles. The van der Waals surface area contributed by atoms with Gasteiger partial charge in [0.05, 0.1) is 10.7 Å². The van der Waals surface area contributed by atoms with E-state index in [0.717, 1.165) is 57.4 Å². The fourth-order valence-corrected chi connectivity index (χ4v) is 2.84. The number of halogens is 1. The predicted molar refractivity (Wildman–Crippen MR) is 91.5 cm³/mol. The van der Waals surface area contributed by atoms with Crippen molar-refractivity contribution < 1.29 is 0 Å².